The van der Waals surface area contributed by atoms with E-state index in [0.717, 1.165) is 22.4 Å². The summed E-state index contributed by atoms with van der Waals surface area (Å²) >= 11 is 0. The van der Waals surface area contributed by atoms with Gasteiger partial charge in [0.15, 0.2) is 11.2 Å². The highest BCUT2D eigenvalue weighted by molar-refractivity contribution is 5.70. The largest absolute Gasteiger partial charge is 0.496 e. The van der Waals surface area contributed by atoms with Gasteiger partial charge in [-0.2, -0.15) is 4.98 Å². The Labute approximate surface area is 220 Å². The number of methoxy groups -OCH3 is 1. The summed E-state index contributed by atoms with van der Waals surface area (Å²) in [6.45, 7) is 0.503. The number of hydrogen-bond donors (Lipinski definition) is 3. The normalized spacial score (nSPS) is 12.5. The molecule has 8 nitrogen and oxygen atoms in total. The molecule has 0 amide bonds. The molecule has 0 bridgehead atoms. The molecule has 8 heteroatoms. The smallest absolute Gasteiger partial charge is 0.280 e. The fourth-order valence-electron chi connectivity index (χ4n) is 5.41. The maximum Gasteiger partial charge on any atom is 0.280 e. The number of aryl methyl sites for hydroxylation is 1. The number of para-hydroxylation sites is 1. The maximum atomic E-state index is 12.2. The Morgan fingerprint density at radius 3 is 2.26 bits per heavy atom. The molecular weight excluding hydrogens is 478 g/mol. The number of aromatic nitrogens is 4. The Hall–Kier alpha value is -4.43. The predicted octanol–water partition coefficient (Wildman–Crippen LogP) is 4.13. The molecule has 1 atom stereocenters. The Morgan fingerprint density at radius 2 is 1.63 bits per heavy atom. The fraction of sp³-hybridized carbons (Fsp3) is 0.233. The van der Waals surface area contributed by atoms with Gasteiger partial charge in [0, 0.05) is 24.1 Å². The SMILES string of the molecule is COc1ccccc1C(CC(CO)CCn1cnc2c(=O)[nH]c(N)nc21)(c1ccccc1)c1ccccc1. The number of nitrogens with two attached hydrogens (primary N) is 1. The molecule has 0 aliphatic heterocycles. The van der Waals surface area contributed by atoms with Crippen LogP contribution in [0, 0.1) is 5.92 Å². The van der Waals surface area contributed by atoms with Crippen LogP contribution in [-0.2, 0) is 12.0 Å². The second-order valence-corrected chi connectivity index (χ2v) is 9.44. The summed E-state index contributed by atoms with van der Waals surface area (Å²) in [5, 5.41) is 10.6. The van der Waals surface area contributed by atoms with Gasteiger partial charge in [-0.15, -0.1) is 0 Å². The highest BCUT2D eigenvalue weighted by Gasteiger charge is 2.40. The summed E-state index contributed by atoms with van der Waals surface area (Å²) in [4.78, 5) is 23.2. The fourth-order valence-corrected chi connectivity index (χ4v) is 5.41. The second kappa shape index (κ2) is 10.9. The van der Waals surface area contributed by atoms with Crippen LogP contribution in [0.25, 0.3) is 11.2 Å². The van der Waals surface area contributed by atoms with Crippen molar-refractivity contribution in [1.82, 2.24) is 19.5 Å². The molecule has 0 aliphatic rings. The molecule has 0 fully saturated rings. The highest BCUT2D eigenvalue weighted by atomic mass is 16.5. The van der Waals surface area contributed by atoms with E-state index in [4.69, 9.17) is 10.5 Å². The Morgan fingerprint density at radius 1 is 1.00 bits per heavy atom. The van der Waals surface area contributed by atoms with Gasteiger partial charge in [-0.05, 0) is 36.0 Å². The first kappa shape index (κ1) is 25.2. The van der Waals surface area contributed by atoms with E-state index in [-0.39, 0.29) is 29.5 Å². The van der Waals surface area contributed by atoms with E-state index < -0.39 is 5.41 Å². The van der Waals surface area contributed by atoms with E-state index in [1.54, 1.807) is 13.4 Å². The molecular formula is C30H31N5O3. The van der Waals surface area contributed by atoms with Crippen molar-refractivity contribution in [3.05, 3.63) is 118 Å². The molecule has 2 aromatic heterocycles. The van der Waals surface area contributed by atoms with Crippen molar-refractivity contribution in [3.63, 3.8) is 0 Å². The van der Waals surface area contributed by atoms with Gasteiger partial charge in [0.1, 0.15) is 5.75 Å². The number of aliphatic hydroxyl groups is 1. The van der Waals surface area contributed by atoms with Gasteiger partial charge in [-0.1, -0.05) is 78.9 Å². The highest BCUT2D eigenvalue weighted by Crippen LogP contribution is 2.47. The maximum absolute atomic E-state index is 12.2. The van der Waals surface area contributed by atoms with Crippen LogP contribution in [0.4, 0.5) is 5.95 Å². The summed E-state index contributed by atoms with van der Waals surface area (Å²) in [5.41, 5.74) is 8.77. The molecule has 0 radical (unpaired) electrons. The minimum absolute atomic E-state index is 0.0145. The molecule has 5 rings (SSSR count). The Balaban J connectivity index is 1.59. The lowest BCUT2D eigenvalue weighted by Crippen LogP contribution is -2.34. The molecule has 0 saturated carbocycles. The molecule has 38 heavy (non-hydrogen) atoms. The van der Waals surface area contributed by atoms with Gasteiger partial charge in [-0.25, -0.2) is 4.98 Å². The van der Waals surface area contributed by atoms with Gasteiger partial charge in [-0.3, -0.25) is 9.78 Å². The van der Waals surface area contributed by atoms with E-state index in [2.05, 4.69) is 45.3 Å². The number of anilines is 1. The number of ether oxygens (including phenoxy) is 1. The van der Waals surface area contributed by atoms with Crippen LogP contribution in [0.15, 0.2) is 96.1 Å². The number of fused-ring (bicyclic) bond motifs is 1. The van der Waals surface area contributed by atoms with Crippen LogP contribution in [0.2, 0.25) is 0 Å². The van der Waals surface area contributed by atoms with Gasteiger partial charge in [0.05, 0.1) is 13.4 Å². The number of nitrogens with one attached hydrogen (secondary N) is 1. The van der Waals surface area contributed by atoms with E-state index in [1.807, 2.05) is 59.2 Å². The van der Waals surface area contributed by atoms with E-state index >= 15 is 0 Å². The standard InChI is InChI=1S/C30H31N5O3/c1-38-25-15-9-8-14-24(25)30(22-10-4-2-5-11-22,23-12-6-3-7-13-23)18-21(19-36)16-17-35-20-32-26-27(35)33-29(31)34-28(26)37/h2-15,20-21,36H,16-19H2,1H3,(H3,31,33,34,37). The minimum atomic E-state index is -0.584. The van der Waals surface area contributed by atoms with Crippen molar-refractivity contribution in [3.8, 4) is 5.75 Å². The first-order chi connectivity index (χ1) is 18.6. The lowest BCUT2D eigenvalue weighted by Gasteiger charge is -2.39. The topological polar surface area (TPSA) is 119 Å². The van der Waals surface area contributed by atoms with Gasteiger partial charge >= 0.3 is 0 Å². The average Bonchev–Trinajstić information content (AvgIpc) is 3.37. The second-order valence-electron chi connectivity index (χ2n) is 9.44. The quantitative estimate of drug-likeness (QED) is 0.244. The van der Waals surface area contributed by atoms with Crippen molar-refractivity contribution in [2.24, 2.45) is 5.92 Å². The van der Waals surface area contributed by atoms with Crippen LogP contribution in [0.1, 0.15) is 29.5 Å². The molecule has 0 spiro atoms. The van der Waals surface area contributed by atoms with Gasteiger partial charge < -0.3 is 20.1 Å². The first-order valence-corrected chi connectivity index (χ1v) is 12.6. The number of rotatable bonds is 10. The molecule has 1 unspecified atom stereocenters. The van der Waals surface area contributed by atoms with Gasteiger partial charge in [0.25, 0.3) is 5.56 Å². The lowest BCUT2D eigenvalue weighted by atomic mass is 9.64. The summed E-state index contributed by atoms with van der Waals surface area (Å²) in [6, 6.07) is 28.8. The monoisotopic (exact) mass is 509 g/mol. The number of nitrogen functional groups attached to an aromatic ring is 1. The van der Waals surface area contributed by atoms with Crippen molar-refractivity contribution in [1.29, 1.82) is 0 Å². The van der Waals surface area contributed by atoms with Crippen LogP contribution >= 0.6 is 0 Å². The number of aliphatic hydroxyl groups excluding tert-OH is 1. The molecule has 0 saturated heterocycles. The molecule has 194 valence electrons. The number of hydrogen-bond acceptors (Lipinski definition) is 6. The van der Waals surface area contributed by atoms with Crippen LogP contribution in [0.5, 0.6) is 5.75 Å². The van der Waals surface area contributed by atoms with E-state index in [0.29, 0.717) is 25.0 Å². The predicted molar refractivity (Wildman–Crippen MR) is 148 cm³/mol. The Bertz CT molecular complexity index is 1520. The number of imidazole rings is 1. The zero-order valence-electron chi connectivity index (χ0n) is 21.2. The minimum Gasteiger partial charge on any atom is -0.496 e. The summed E-state index contributed by atoms with van der Waals surface area (Å²) in [6.07, 6.45) is 2.86. The molecule has 0 aliphatic carbocycles. The Kier molecular flexibility index (Phi) is 7.24. The third kappa shape index (κ3) is 4.66. The zero-order chi connectivity index (χ0) is 26.5. The zero-order valence-corrected chi connectivity index (χ0v) is 21.2. The van der Waals surface area contributed by atoms with E-state index in [9.17, 15) is 9.90 Å². The number of benzene rings is 3. The molecule has 4 N–H and O–H groups in total. The summed E-state index contributed by atoms with van der Waals surface area (Å²) < 4.78 is 7.69. The van der Waals surface area contributed by atoms with Crippen molar-refractivity contribution in [2.45, 2.75) is 24.8 Å². The van der Waals surface area contributed by atoms with Gasteiger partial charge in [0.2, 0.25) is 5.95 Å². The number of H-pyrrole nitrogens is 1. The summed E-state index contributed by atoms with van der Waals surface area (Å²) in [7, 11) is 1.69. The average molecular weight is 510 g/mol. The van der Waals surface area contributed by atoms with Crippen LogP contribution in [0.3, 0.4) is 0 Å². The number of nitrogens with zero attached hydrogens (tertiary/aromatic N) is 3. The molecule has 2 heterocycles. The van der Waals surface area contributed by atoms with E-state index in [1.165, 1.54) is 0 Å². The summed E-state index contributed by atoms with van der Waals surface area (Å²) in [5.74, 6) is 0.736. The first-order valence-electron chi connectivity index (χ1n) is 12.6. The third-order valence-corrected chi connectivity index (χ3v) is 7.22. The van der Waals surface area contributed by atoms with Crippen molar-refractivity contribution in [2.75, 3.05) is 19.5 Å². The van der Waals surface area contributed by atoms with Crippen LogP contribution < -0.4 is 16.0 Å². The van der Waals surface area contributed by atoms with Crippen LogP contribution in [-0.4, -0.2) is 38.3 Å². The lowest BCUT2D eigenvalue weighted by molar-refractivity contribution is 0.191. The molecule has 3 aromatic carbocycles. The number of aromatic amines is 1. The van der Waals surface area contributed by atoms with Crippen molar-refractivity contribution >= 4 is 17.1 Å². The molecule has 5 aromatic rings. The van der Waals surface area contributed by atoms with Crippen molar-refractivity contribution < 1.29 is 9.84 Å². The third-order valence-electron chi connectivity index (χ3n) is 7.22.